The van der Waals surface area contributed by atoms with Gasteiger partial charge in [-0.1, -0.05) is 11.8 Å². The van der Waals surface area contributed by atoms with Crippen molar-refractivity contribution in [3.63, 3.8) is 0 Å². The quantitative estimate of drug-likeness (QED) is 0.755. The second kappa shape index (κ2) is 6.46. The highest BCUT2D eigenvalue weighted by Crippen LogP contribution is 2.41. The number of aliphatic hydroxyl groups excluding tert-OH is 1. The monoisotopic (exact) mass is 312 g/mol. The van der Waals surface area contributed by atoms with Gasteiger partial charge in [-0.05, 0) is 19.3 Å². The van der Waals surface area contributed by atoms with Crippen LogP contribution in [0.5, 0.6) is 0 Å². The number of aliphatic imine (C=N–C) groups is 1. The Labute approximate surface area is 127 Å². The third kappa shape index (κ3) is 2.74. The molecule has 2 fully saturated rings. The molecule has 7 heteroatoms. The predicted molar refractivity (Wildman–Crippen MR) is 79.1 cm³/mol. The number of nitrogens with zero attached hydrogens (tertiary/aromatic N) is 2. The van der Waals surface area contributed by atoms with E-state index in [1.165, 1.54) is 18.2 Å². The fraction of sp³-hybridized carbons (Fsp3) is 0.786. The number of rotatable bonds is 3. The Morgan fingerprint density at radius 3 is 2.57 bits per heavy atom. The minimum Gasteiger partial charge on any atom is -0.394 e. The smallest absolute Gasteiger partial charge is 0.162 e. The molecule has 6 nitrogen and oxygen atoms in total. The zero-order chi connectivity index (χ0) is 14.8. The van der Waals surface area contributed by atoms with Crippen molar-refractivity contribution < 1.29 is 19.4 Å². The molecule has 0 spiro atoms. The van der Waals surface area contributed by atoms with Crippen molar-refractivity contribution in [3.8, 4) is 0 Å². The molecule has 21 heavy (non-hydrogen) atoms. The number of carbonyl (C=O) groups excluding carboxylic acids is 2. The summed E-state index contributed by atoms with van der Waals surface area (Å²) in [4.78, 5) is 29.6. The van der Waals surface area contributed by atoms with Gasteiger partial charge in [-0.25, -0.2) is 0 Å². The summed E-state index contributed by atoms with van der Waals surface area (Å²) in [5.41, 5.74) is -0.273. The predicted octanol–water partition coefficient (Wildman–Crippen LogP) is 0.291. The molecule has 2 saturated heterocycles. The normalized spacial score (nSPS) is 39.6. The van der Waals surface area contributed by atoms with Gasteiger partial charge in [0.2, 0.25) is 0 Å². The molecule has 0 aliphatic carbocycles. The average Bonchev–Trinajstić information content (AvgIpc) is 2.97. The maximum Gasteiger partial charge on any atom is 0.162 e. The van der Waals surface area contributed by atoms with E-state index in [9.17, 15) is 14.7 Å². The molecule has 0 radical (unpaired) electrons. The number of amidine groups is 1. The second-order valence-corrected chi connectivity index (χ2v) is 6.79. The van der Waals surface area contributed by atoms with Crippen LogP contribution >= 0.6 is 11.8 Å². The van der Waals surface area contributed by atoms with E-state index in [0.29, 0.717) is 0 Å². The Morgan fingerprint density at radius 2 is 1.95 bits per heavy atom. The molecular formula is C14H20N2O4S. The Hall–Kier alpha value is -0.920. The van der Waals surface area contributed by atoms with E-state index in [0.717, 1.165) is 43.7 Å². The van der Waals surface area contributed by atoms with E-state index in [4.69, 9.17) is 4.74 Å². The van der Waals surface area contributed by atoms with E-state index in [2.05, 4.69) is 9.89 Å². The highest BCUT2D eigenvalue weighted by Gasteiger charge is 2.49. The first-order valence-corrected chi connectivity index (χ1v) is 8.32. The summed E-state index contributed by atoms with van der Waals surface area (Å²) < 4.78 is 5.80. The lowest BCUT2D eigenvalue weighted by Crippen LogP contribution is -2.50. The number of aldehydes is 2. The maximum atomic E-state index is 11.4. The van der Waals surface area contributed by atoms with Gasteiger partial charge < -0.3 is 24.3 Å². The van der Waals surface area contributed by atoms with Crippen LogP contribution in [0.1, 0.15) is 19.3 Å². The van der Waals surface area contributed by atoms with Gasteiger partial charge in [0.05, 0.1) is 30.6 Å². The van der Waals surface area contributed by atoms with Crippen molar-refractivity contribution in [2.24, 2.45) is 16.8 Å². The van der Waals surface area contributed by atoms with E-state index < -0.39 is 17.9 Å². The van der Waals surface area contributed by atoms with E-state index in [1.807, 2.05) is 0 Å². The van der Waals surface area contributed by atoms with E-state index in [-0.39, 0.29) is 18.1 Å². The zero-order valence-corrected chi connectivity index (χ0v) is 12.6. The molecule has 0 bridgehead atoms. The second-order valence-electron chi connectivity index (χ2n) is 5.72. The first kappa shape index (κ1) is 15.0. The van der Waals surface area contributed by atoms with Crippen LogP contribution in [0.2, 0.25) is 0 Å². The van der Waals surface area contributed by atoms with Crippen molar-refractivity contribution in [3.05, 3.63) is 0 Å². The van der Waals surface area contributed by atoms with Gasteiger partial charge in [-0.3, -0.25) is 4.99 Å². The number of ether oxygens (including phenoxy) is 1. The number of piperidine rings is 1. The lowest BCUT2D eigenvalue weighted by atomic mass is 9.82. The highest BCUT2D eigenvalue weighted by molar-refractivity contribution is 8.14. The Balaban J connectivity index is 1.80. The van der Waals surface area contributed by atoms with Crippen LogP contribution in [-0.2, 0) is 14.3 Å². The molecule has 0 aromatic carbocycles. The molecule has 3 rings (SSSR count). The summed E-state index contributed by atoms with van der Waals surface area (Å²) in [6, 6.07) is -0.317. The van der Waals surface area contributed by atoms with Gasteiger partial charge in [0.1, 0.15) is 18.0 Å². The lowest BCUT2D eigenvalue weighted by molar-refractivity contribution is -0.141. The number of aliphatic hydroxyl groups is 1. The molecule has 0 saturated carbocycles. The third-order valence-corrected chi connectivity index (χ3v) is 5.65. The van der Waals surface area contributed by atoms with Crippen molar-refractivity contribution in [1.82, 2.24) is 4.90 Å². The summed E-state index contributed by atoms with van der Waals surface area (Å²) >= 11 is 1.52. The van der Waals surface area contributed by atoms with E-state index >= 15 is 0 Å². The van der Waals surface area contributed by atoms with Crippen LogP contribution in [0.4, 0.5) is 0 Å². The number of fused-ring (bicyclic) bond motifs is 1. The molecule has 0 amide bonds. The van der Waals surface area contributed by atoms with E-state index in [1.54, 1.807) is 0 Å². The molecule has 0 unspecified atom stereocenters. The van der Waals surface area contributed by atoms with Gasteiger partial charge >= 0.3 is 0 Å². The summed E-state index contributed by atoms with van der Waals surface area (Å²) in [5.74, 6) is -1.12. The first-order chi connectivity index (χ1) is 10.3. The minimum atomic E-state index is -0.612. The number of thioether (sulfide) groups is 1. The van der Waals surface area contributed by atoms with Gasteiger partial charge in [0.15, 0.2) is 5.17 Å². The standard InChI is InChI=1S/C14H20N2O4S/c17-6-9-10(7-18)12-13(20-11(9)8-19)21-14(15-12)16-4-2-1-3-5-16/h6-7,9-13,19H,1-5,8H2/t9-,10+,11-,12+,13+/m0/s1. The van der Waals surface area contributed by atoms with Gasteiger partial charge in [-0.15, -0.1) is 0 Å². The van der Waals surface area contributed by atoms with Crippen LogP contribution in [0.3, 0.4) is 0 Å². The third-order valence-electron chi connectivity index (χ3n) is 4.46. The summed E-state index contributed by atoms with van der Waals surface area (Å²) in [5, 5.41) is 10.3. The number of hydrogen-bond donors (Lipinski definition) is 1. The summed E-state index contributed by atoms with van der Waals surface area (Å²) in [6.07, 6.45) is 4.46. The molecule has 3 aliphatic rings. The molecule has 1 N–H and O–H groups in total. The van der Waals surface area contributed by atoms with Crippen molar-refractivity contribution in [2.75, 3.05) is 19.7 Å². The average molecular weight is 312 g/mol. The molecule has 116 valence electrons. The molecule has 0 aromatic heterocycles. The highest BCUT2D eigenvalue weighted by atomic mass is 32.2. The summed E-state index contributed by atoms with van der Waals surface area (Å²) in [6.45, 7) is 1.71. The first-order valence-electron chi connectivity index (χ1n) is 7.44. The fourth-order valence-corrected chi connectivity index (χ4v) is 4.56. The number of hydrogen-bond acceptors (Lipinski definition) is 7. The topological polar surface area (TPSA) is 79.2 Å². The molecule has 3 heterocycles. The van der Waals surface area contributed by atoms with Crippen LogP contribution in [0, 0.1) is 11.8 Å². The Morgan fingerprint density at radius 1 is 1.24 bits per heavy atom. The Kier molecular flexibility index (Phi) is 4.61. The largest absolute Gasteiger partial charge is 0.394 e. The van der Waals surface area contributed by atoms with Gasteiger partial charge in [0, 0.05) is 13.1 Å². The van der Waals surface area contributed by atoms with Crippen molar-refractivity contribution in [2.45, 2.75) is 36.8 Å². The van der Waals surface area contributed by atoms with Crippen LogP contribution in [-0.4, -0.2) is 65.0 Å². The number of likely N-dealkylation sites (tertiary alicyclic amines) is 1. The molecule has 0 aromatic rings. The Bertz CT molecular complexity index is 439. The number of carbonyl (C=O) groups is 2. The van der Waals surface area contributed by atoms with Crippen LogP contribution in [0.25, 0.3) is 0 Å². The van der Waals surface area contributed by atoms with Crippen molar-refractivity contribution in [1.29, 1.82) is 0 Å². The zero-order valence-electron chi connectivity index (χ0n) is 11.8. The van der Waals surface area contributed by atoms with Gasteiger partial charge in [0.25, 0.3) is 0 Å². The molecular weight excluding hydrogens is 292 g/mol. The van der Waals surface area contributed by atoms with Crippen LogP contribution in [0.15, 0.2) is 4.99 Å². The SMILES string of the molecule is O=C[C@@H]1[C@H](C=O)[C@H](CO)O[C@@H]2SC(N3CCCCC3)=N[C@H]12. The lowest BCUT2D eigenvalue weighted by Gasteiger charge is -2.37. The molecule has 5 atom stereocenters. The summed E-state index contributed by atoms with van der Waals surface area (Å²) in [7, 11) is 0. The fourth-order valence-electron chi connectivity index (χ4n) is 3.26. The minimum absolute atomic E-state index is 0.253. The van der Waals surface area contributed by atoms with Crippen molar-refractivity contribution >= 4 is 29.5 Å². The van der Waals surface area contributed by atoms with Crippen LogP contribution < -0.4 is 0 Å². The van der Waals surface area contributed by atoms with Gasteiger partial charge in [-0.2, -0.15) is 0 Å². The molecule has 3 aliphatic heterocycles. The maximum absolute atomic E-state index is 11.4.